The van der Waals surface area contributed by atoms with Crippen LogP contribution >= 0.6 is 0 Å². The topological polar surface area (TPSA) is 84.1 Å². The van der Waals surface area contributed by atoms with Crippen molar-refractivity contribution in [2.75, 3.05) is 60.0 Å². The lowest BCUT2D eigenvalue weighted by molar-refractivity contribution is -0.528. The van der Waals surface area contributed by atoms with Crippen molar-refractivity contribution in [3.63, 3.8) is 0 Å². The number of amidine groups is 1. The highest BCUT2D eigenvalue weighted by molar-refractivity contribution is 6.23. The Morgan fingerprint density at radius 3 is 2.45 bits per heavy atom. The van der Waals surface area contributed by atoms with Gasteiger partial charge in [0, 0.05) is 39.1 Å². The Hall–Kier alpha value is -2.33. The molecule has 1 unspecified atom stereocenters. The number of hydrazone groups is 1. The molecular formula is C19H30N7O3+. The second-order valence-electron chi connectivity index (χ2n) is 8.91. The molecule has 0 aromatic carbocycles. The van der Waals surface area contributed by atoms with Gasteiger partial charge in [0.15, 0.2) is 0 Å². The third kappa shape index (κ3) is 3.44. The van der Waals surface area contributed by atoms with Crippen molar-refractivity contribution in [1.82, 2.24) is 19.7 Å². The monoisotopic (exact) mass is 404 g/mol. The Morgan fingerprint density at radius 1 is 1.10 bits per heavy atom. The molecule has 2 saturated heterocycles. The Morgan fingerprint density at radius 2 is 1.79 bits per heavy atom. The highest BCUT2D eigenvalue weighted by Gasteiger charge is 2.54. The van der Waals surface area contributed by atoms with E-state index in [1.807, 2.05) is 9.58 Å². The fourth-order valence-electron chi connectivity index (χ4n) is 3.94. The smallest absolute Gasteiger partial charge is 0.379 e. The molecule has 0 spiro atoms. The van der Waals surface area contributed by atoms with Gasteiger partial charge in [0.1, 0.15) is 13.1 Å². The summed E-state index contributed by atoms with van der Waals surface area (Å²) in [5, 5.41) is 6.80. The van der Waals surface area contributed by atoms with E-state index in [4.69, 9.17) is 14.8 Å². The molecular weight excluding hydrogens is 374 g/mol. The molecule has 10 nitrogen and oxygen atoms in total. The number of ether oxygens (including phenoxy) is 1. The van der Waals surface area contributed by atoms with Crippen molar-refractivity contribution in [2.24, 2.45) is 15.5 Å². The number of imide groups is 1. The summed E-state index contributed by atoms with van der Waals surface area (Å²) in [6.45, 7) is 11.7. The van der Waals surface area contributed by atoms with Crippen LogP contribution in [-0.2, 0) is 9.53 Å². The Labute approximate surface area is 171 Å². The lowest BCUT2D eigenvalue weighted by Crippen LogP contribution is -2.62. The van der Waals surface area contributed by atoms with Crippen molar-refractivity contribution in [1.29, 1.82) is 0 Å². The average molecular weight is 404 g/mol. The molecule has 0 N–H and O–H groups in total. The molecule has 3 amide bonds. The number of rotatable bonds is 3. The summed E-state index contributed by atoms with van der Waals surface area (Å²) >= 11 is 0. The van der Waals surface area contributed by atoms with Gasteiger partial charge in [-0.05, 0) is 0 Å². The van der Waals surface area contributed by atoms with Crippen LogP contribution in [0.5, 0.6) is 0 Å². The second kappa shape index (κ2) is 7.17. The molecule has 10 heteroatoms. The summed E-state index contributed by atoms with van der Waals surface area (Å²) in [7, 11) is 3.19. The first-order valence-electron chi connectivity index (χ1n) is 10.1. The van der Waals surface area contributed by atoms with Gasteiger partial charge in [0.2, 0.25) is 11.9 Å². The van der Waals surface area contributed by atoms with E-state index in [1.165, 1.54) is 16.8 Å². The summed E-state index contributed by atoms with van der Waals surface area (Å²) < 4.78 is 7.42. The van der Waals surface area contributed by atoms with Crippen LogP contribution < -0.4 is 0 Å². The molecule has 0 aliphatic carbocycles. The van der Waals surface area contributed by atoms with Gasteiger partial charge in [0.05, 0.1) is 18.9 Å². The maximum Gasteiger partial charge on any atom is 0.416 e. The number of nitrogens with zero attached hydrogens (tertiary/aromatic N) is 7. The molecule has 158 valence electrons. The minimum atomic E-state index is -0.587. The number of carbonyl (C=O) groups is 2. The van der Waals surface area contributed by atoms with Crippen LogP contribution in [0.1, 0.15) is 20.8 Å². The molecule has 0 saturated carbocycles. The molecule has 29 heavy (non-hydrogen) atoms. The molecule has 2 fully saturated rings. The molecule has 0 aromatic rings. The summed E-state index contributed by atoms with van der Waals surface area (Å²) in [6, 6.07) is -0.946. The molecule has 1 atom stereocenters. The summed E-state index contributed by atoms with van der Waals surface area (Å²) in [5.41, 5.74) is 0.853. The number of urea groups is 1. The number of carbonyl (C=O) groups excluding carboxylic acids is 2. The highest BCUT2D eigenvalue weighted by atomic mass is 16.5. The maximum atomic E-state index is 12.9. The molecule has 0 radical (unpaired) electrons. The predicted molar refractivity (Wildman–Crippen MR) is 108 cm³/mol. The van der Waals surface area contributed by atoms with Gasteiger partial charge in [-0.25, -0.2) is 9.37 Å². The Balaban J connectivity index is 1.65. The van der Waals surface area contributed by atoms with Gasteiger partial charge in [-0.2, -0.15) is 0 Å². The molecule has 4 aliphatic rings. The average Bonchev–Trinajstić information content (AvgIpc) is 3.09. The van der Waals surface area contributed by atoms with E-state index in [9.17, 15) is 9.59 Å². The first-order valence-corrected chi connectivity index (χ1v) is 10.1. The van der Waals surface area contributed by atoms with Crippen molar-refractivity contribution in [2.45, 2.75) is 26.8 Å². The number of likely N-dealkylation sites (N-methyl/N-ethyl adjacent to an activating group) is 2. The van der Waals surface area contributed by atoms with E-state index in [1.54, 1.807) is 7.05 Å². The number of guanidine groups is 1. The third-order valence-corrected chi connectivity index (χ3v) is 5.90. The van der Waals surface area contributed by atoms with Gasteiger partial charge in [-0.15, -0.1) is 10.1 Å². The lowest BCUT2D eigenvalue weighted by Gasteiger charge is -2.33. The van der Waals surface area contributed by atoms with Crippen LogP contribution in [0.15, 0.2) is 10.1 Å². The van der Waals surface area contributed by atoms with E-state index >= 15 is 0 Å². The number of fused-ring (bicyclic) bond motifs is 2. The van der Waals surface area contributed by atoms with Crippen LogP contribution in [0.4, 0.5) is 4.79 Å². The van der Waals surface area contributed by atoms with Gasteiger partial charge >= 0.3 is 12.0 Å². The van der Waals surface area contributed by atoms with E-state index in [0.717, 1.165) is 38.6 Å². The fraction of sp³-hybridized carbons (Fsp3) is 0.737. The number of aliphatic imine (C=N–C) groups is 1. The molecule has 4 heterocycles. The molecule has 0 bridgehead atoms. The number of hydrogen-bond donors (Lipinski definition) is 0. The highest BCUT2D eigenvalue weighted by Crippen LogP contribution is 2.26. The number of hydrogen-bond acceptors (Lipinski definition) is 7. The molecule has 0 aromatic heterocycles. The lowest BCUT2D eigenvalue weighted by atomic mass is 9.89. The predicted octanol–water partition coefficient (Wildman–Crippen LogP) is -0.291. The van der Waals surface area contributed by atoms with Crippen molar-refractivity contribution < 1.29 is 18.9 Å². The zero-order chi connectivity index (χ0) is 20.9. The third-order valence-electron chi connectivity index (χ3n) is 5.90. The first-order chi connectivity index (χ1) is 13.7. The van der Waals surface area contributed by atoms with Crippen molar-refractivity contribution in [3.05, 3.63) is 0 Å². The van der Waals surface area contributed by atoms with Gasteiger partial charge in [-0.1, -0.05) is 25.8 Å². The van der Waals surface area contributed by atoms with Crippen LogP contribution in [0.2, 0.25) is 0 Å². The van der Waals surface area contributed by atoms with Gasteiger partial charge < -0.3 is 4.74 Å². The van der Waals surface area contributed by atoms with Gasteiger partial charge in [0.25, 0.3) is 5.91 Å². The largest absolute Gasteiger partial charge is 0.416 e. The molecule has 4 rings (SSSR count). The SMILES string of the molecule is CN1C(=O)C2C(=NC3=[N+]2CC(C(C)(C)C)=NN3CCN2CCOCC2)N(C)C1=O. The van der Waals surface area contributed by atoms with Crippen LogP contribution in [-0.4, -0.2) is 120 Å². The fourth-order valence-corrected chi connectivity index (χ4v) is 3.94. The second-order valence-corrected chi connectivity index (χ2v) is 8.91. The van der Waals surface area contributed by atoms with Crippen LogP contribution in [0.3, 0.4) is 0 Å². The van der Waals surface area contributed by atoms with Crippen LogP contribution in [0, 0.1) is 5.41 Å². The van der Waals surface area contributed by atoms with E-state index in [2.05, 4.69) is 25.7 Å². The Bertz CT molecular complexity index is 820. The van der Waals surface area contributed by atoms with Crippen molar-refractivity contribution >= 4 is 29.4 Å². The number of morpholine rings is 1. The number of amides is 3. The quantitative estimate of drug-likeness (QED) is 0.604. The maximum absolute atomic E-state index is 12.9. The van der Waals surface area contributed by atoms with Gasteiger partial charge in [-0.3, -0.25) is 19.5 Å². The molecule has 4 aliphatic heterocycles. The summed E-state index contributed by atoms with van der Waals surface area (Å²) in [6.07, 6.45) is 0. The minimum absolute atomic E-state index is 0.142. The Kier molecular flexibility index (Phi) is 4.94. The van der Waals surface area contributed by atoms with Crippen LogP contribution in [0.25, 0.3) is 0 Å². The normalized spacial score (nSPS) is 26.0. The minimum Gasteiger partial charge on any atom is -0.379 e. The standard InChI is InChI=1S/C19H30N7O3/c1-19(2,3)13-12-25-14-15(22(4)18(28)23(5)16(14)27)20-17(25)26(21-13)7-6-24-8-10-29-11-9-24/h14H,6-12H2,1-5H3/q+1. The van der Waals surface area contributed by atoms with E-state index < -0.39 is 6.04 Å². The zero-order valence-electron chi connectivity index (χ0n) is 17.9. The van der Waals surface area contributed by atoms with Crippen molar-refractivity contribution in [3.8, 4) is 0 Å². The van der Waals surface area contributed by atoms with E-state index in [0.29, 0.717) is 24.9 Å². The zero-order valence-corrected chi connectivity index (χ0v) is 17.9. The van der Waals surface area contributed by atoms with E-state index in [-0.39, 0.29) is 17.4 Å². The first kappa shape index (κ1) is 20.0. The summed E-state index contributed by atoms with van der Waals surface area (Å²) in [5.74, 6) is 0.884. The summed E-state index contributed by atoms with van der Waals surface area (Å²) in [4.78, 5) is 35.0.